The molecule has 0 bridgehead atoms. The average molecular weight is 561 g/mol. The van der Waals surface area contributed by atoms with Crippen molar-refractivity contribution in [3.63, 3.8) is 0 Å². The van der Waals surface area contributed by atoms with Crippen LogP contribution in [0.2, 0.25) is 0 Å². The van der Waals surface area contributed by atoms with E-state index in [0.29, 0.717) is 11.3 Å². The van der Waals surface area contributed by atoms with Gasteiger partial charge in [-0.05, 0) is 62.2 Å². The molecular weight excluding hydrogens is 519 g/mol. The van der Waals surface area contributed by atoms with Crippen LogP contribution in [0, 0.1) is 5.92 Å². The van der Waals surface area contributed by atoms with Crippen molar-refractivity contribution in [2.24, 2.45) is 10.9 Å². The molecule has 0 aromatic heterocycles. The van der Waals surface area contributed by atoms with Gasteiger partial charge in [-0.25, -0.2) is 0 Å². The molecule has 0 amide bonds. The van der Waals surface area contributed by atoms with E-state index in [1.165, 1.54) is 37.1 Å². The fourth-order valence-electron chi connectivity index (χ4n) is 4.57. The molecule has 1 aliphatic carbocycles. The summed E-state index contributed by atoms with van der Waals surface area (Å²) in [6, 6.07) is 9.33. The van der Waals surface area contributed by atoms with E-state index in [1.807, 2.05) is 14.0 Å². The lowest BCUT2D eigenvalue weighted by molar-refractivity contribution is 0.185. The Morgan fingerprint density at radius 3 is 2.45 bits per heavy atom. The van der Waals surface area contributed by atoms with Gasteiger partial charge in [0.05, 0.1) is 0 Å². The molecule has 3 rings (SSSR count). The van der Waals surface area contributed by atoms with Crippen LogP contribution < -0.4 is 10.6 Å². The minimum absolute atomic E-state index is 0. The van der Waals surface area contributed by atoms with Crippen LogP contribution >= 0.6 is 24.0 Å². The highest BCUT2D eigenvalue weighted by atomic mass is 127. The van der Waals surface area contributed by atoms with Gasteiger partial charge in [-0.15, -0.1) is 24.0 Å². The standard InChI is InChI=1S/C24H40N4OS.HI/c1-4-30(29)23-7-5-6-22(16-23)27-24(25-3)26-17-20-8-10-21(11-9-20)18-28-14-12-19(2)13-15-28;/h8-11,19,22-23H,4-7,12-18H2,1-3H3,(H2,25,26,27);1H. The summed E-state index contributed by atoms with van der Waals surface area (Å²) in [5, 5.41) is 7.33. The van der Waals surface area contributed by atoms with E-state index < -0.39 is 10.8 Å². The molecule has 5 nitrogen and oxygen atoms in total. The van der Waals surface area contributed by atoms with Crippen LogP contribution in [-0.4, -0.2) is 52.3 Å². The highest BCUT2D eigenvalue weighted by Gasteiger charge is 2.26. The van der Waals surface area contributed by atoms with Gasteiger partial charge in [-0.1, -0.05) is 44.5 Å². The quantitative estimate of drug-likeness (QED) is 0.297. The number of nitrogens with zero attached hydrogens (tertiary/aromatic N) is 2. The van der Waals surface area contributed by atoms with Crippen molar-refractivity contribution in [1.82, 2.24) is 15.5 Å². The maximum Gasteiger partial charge on any atom is 0.191 e. The summed E-state index contributed by atoms with van der Waals surface area (Å²) in [5.74, 6) is 2.48. The predicted octanol–water partition coefficient (Wildman–Crippen LogP) is 4.28. The van der Waals surface area contributed by atoms with E-state index in [-0.39, 0.29) is 24.0 Å². The SMILES string of the molecule is CCS(=O)C1CCCC(NC(=NC)NCc2ccc(CN3CCC(C)CC3)cc2)C1.I. The Kier molecular flexibility index (Phi) is 11.8. The van der Waals surface area contributed by atoms with Crippen LogP contribution in [0.3, 0.4) is 0 Å². The maximum atomic E-state index is 12.2. The topological polar surface area (TPSA) is 56.7 Å². The monoisotopic (exact) mass is 560 g/mol. The molecule has 1 saturated carbocycles. The fourth-order valence-corrected chi connectivity index (χ4v) is 5.91. The Bertz CT molecular complexity index is 704. The lowest BCUT2D eigenvalue weighted by atomic mass is 9.95. The molecule has 176 valence electrons. The first kappa shape index (κ1) is 26.6. The van der Waals surface area contributed by atoms with Crippen LogP contribution in [0.1, 0.15) is 63.5 Å². The van der Waals surface area contributed by atoms with Gasteiger partial charge in [-0.2, -0.15) is 0 Å². The van der Waals surface area contributed by atoms with Gasteiger partial charge in [-0.3, -0.25) is 14.1 Å². The molecular formula is C24H41IN4OS. The van der Waals surface area contributed by atoms with Crippen molar-refractivity contribution in [2.75, 3.05) is 25.9 Å². The third kappa shape index (κ3) is 8.65. The first-order valence-electron chi connectivity index (χ1n) is 11.7. The molecule has 31 heavy (non-hydrogen) atoms. The normalized spacial score (nSPS) is 24.3. The highest BCUT2D eigenvalue weighted by molar-refractivity contribution is 14.0. The summed E-state index contributed by atoms with van der Waals surface area (Å²) in [4.78, 5) is 6.97. The molecule has 1 saturated heterocycles. The fraction of sp³-hybridized carbons (Fsp3) is 0.708. The summed E-state index contributed by atoms with van der Waals surface area (Å²) >= 11 is 0. The Hall–Kier alpha value is -0.670. The number of halogens is 1. The lowest BCUT2D eigenvalue weighted by Gasteiger charge is -2.30. The first-order valence-corrected chi connectivity index (χ1v) is 13.1. The van der Waals surface area contributed by atoms with Gasteiger partial charge in [0.15, 0.2) is 5.96 Å². The number of guanidine groups is 1. The lowest BCUT2D eigenvalue weighted by Crippen LogP contribution is -2.46. The van der Waals surface area contributed by atoms with E-state index in [0.717, 1.165) is 56.4 Å². The van der Waals surface area contributed by atoms with Crippen molar-refractivity contribution < 1.29 is 4.21 Å². The Morgan fingerprint density at radius 1 is 1.13 bits per heavy atom. The van der Waals surface area contributed by atoms with Gasteiger partial charge in [0.2, 0.25) is 0 Å². The van der Waals surface area contributed by atoms with Gasteiger partial charge in [0.25, 0.3) is 0 Å². The minimum atomic E-state index is -0.695. The predicted molar refractivity (Wildman–Crippen MR) is 144 cm³/mol. The second-order valence-corrected chi connectivity index (χ2v) is 11.0. The summed E-state index contributed by atoms with van der Waals surface area (Å²) in [6.45, 7) is 8.65. The highest BCUT2D eigenvalue weighted by Crippen LogP contribution is 2.23. The Balaban J connectivity index is 0.00000341. The van der Waals surface area contributed by atoms with Crippen molar-refractivity contribution in [3.8, 4) is 0 Å². The molecule has 3 unspecified atom stereocenters. The molecule has 2 N–H and O–H groups in total. The zero-order valence-corrected chi connectivity index (χ0v) is 22.6. The molecule has 1 aliphatic heterocycles. The van der Waals surface area contributed by atoms with Crippen molar-refractivity contribution >= 4 is 40.7 Å². The van der Waals surface area contributed by atoms with Crippen LogP contribution in [0.5, 0.6) is 0 Å². The maximum absolute atomic E-state index is 12.2. The van der Waals surface area contributed by atoms with Crippen LogP contribution in [0.15, 0.2) is 29.3 Å². The van der Waals surface area contributed by atoms with E-state index in [9.17, 15) is 4.21 Å². The van der Waals surface area contributed by atoms with E-state index in [2.05, 4.69) is 51.7 Å². The average Bonchev–Trinajstić information content (AvgIpc) is 2.78. The van der Waals surface area contributed by atoms with Crippen molar-refractivity contribution in [1.29, 1.82) is 0 Å². The number of rotatable bonds is 7. The number of piperidine rings is 1. The number of benzene rings is 1. The van der Waals surface area contributed by atoms with Crippen LogP contribution in [-0.2, 0) is 23.9 Å². The molecule has 3 atom stereocenters. The molecule has 2 aliphatic rings. The third-order valence-corrected chi connectivity index (χ3v) is 8.35. The smallest absolute Gasteiger partial charge is 0.191 e. The minimum Gasteiger partial charge on any atom is -0.354 e. The van der Waals surface area contributed by atoms with E-state index in [4.69, 9.17) is 0 Å². The molecule has 1 aromatic carbocycles. The second-order valence-electron chi connectivity index (χ2n) is 9.00. The van der Waals surface area contributed by atoms with Gasteiger partial charge >= 0.3 is 0 Å². The first-order chi connectivity index (χ1) is 14.6. The van der Waals surface area contributed by atoms with E-state index >= 15 is 0 Å². The largest absolute Gasteiger partial charge is 0.354 e. The molecule has 0 spiro atoms. The summed E-state index contributed by atoms with van der Waals surface area (Å²) < 4.78 is 12.2. The zero-order valence-electron chi connectivity index (χ0n) is 19.4. The summed E-state index contributed by atoms with van der Waals surface area (Å²) in [6.07, 6.45) is 6.98. The molecule has 1 heterocycles. The molecule has 0 radical (unpaired) electrons. The second kappa shape index (κ2) is 13.8. The van der Waals surface area contributed by atoms with E-state index in [1.54, 1.807) is 0 Å². The third-order valence-electron chi connectivity index (χ3n) is 6.61. The number of aliphatic imine (C=N–C) groups is 1. The Labute approximate surface area is 208 Å². The van der Waals surface area contributed by atoms with Gasteiger partial charge in [0, 0.05) is 48.0 Å². The molecule has 1 aromatic rings. The number of nitrogens with one attached hydrogen (secondary N) is 2. The number of likely N-dealkylation sites (tertiary alicyclic amines) is 1. The number of hydrogen-bond acceptors (Lipinski definition) is 3. The van der Waals surface area contributed by atoms with Crippen LogP contribution in [0.25, 0.3) is 0 Å². The summed E-state index contributed by atoms with van der Waals surface area (Å²) in [5.41, 5.74) is 2.66. The van der Waals surface area contributed by atoms with Crippen LogP contribution in [0.4, 0.5) is 0 Å². The van der Waals surface area contributed by atoms with Crippen molar-refractivity contribution in [3.05, 3.63) is 35.4 Å². The zero-order chi connectivity index (χ0) is 21.3. The van der Waals surface area contributed by atoms with Crippen molar-refractivity contribution in [2.45, 2.75) is 76.8 Å². The molecule has 2 fully saturated rings. The Morgan fingerprint density at radius 2 is 1.81 bits per heavy atom. The molecule has 7 heteroatoms. The number of hydrogen-bond donors (Lipinski definition) is 2. The van der Waals surface area contributed by atoms with Gasteiger partial charge in [0.1, 0.15) is 0 Å². The van der Waals surface area contributed by atoms with Gasteiger partial charge < -0.3 is 10.6 Å². The summed E-state index contributed by atoms with van der Waals surface area (Å²) in [7, 11) is 1.13.